The van der Waals surface area contributed by atoms with Crippen molar-refractivity contribution in [3.8, 4) is 0 Å². The number of ether oxygens (including phenoxy) is 1. The summed E-state index contributed by atoms with van der Waals surface area (Å²) in [5.41, 5.74) is 0.0628. The number of hydrogen-bond acceptors (Lipinski definition) is 3. The van der Waals surface area contributed by atoms with E-state index in [1.165, 1.54) is 38.5 Å². The summed E-state index contributed by atoms with van der Waals surface area (Å²) >= 11 is 0. The van der Waals surface area contributed by atoms with Gasteiger partial charge in [0.15, 0.2) is 0 Å². The van der Waals surface area contributed by atoms with Crippen molar-refractivity contribution in [2.45, 2.75) is 116 Å². The molecule has 0 aromatic rings. The third-order valence-corrected chi connectivity index (χ3v) is 5.83. The van der Waals surface area contributed by atoms with Crippen molar-refractivity contribution in [2.24, 2.45) is 11.8 Å². The van der Waals surface area contributed by atoms with Crippen molar-refractivity contribution in [1.82, 2.24) is 5.32 Å². The van der Waals surface area contributed by atoms with Crippen LogP contribution in [-0.2, 0) is 9.53 Å². The zero-order chi connectivity index (χ0) is 17.8. The quantitative estimate of drug-likeness (QED) is 0.533. The lowest BCUT2D eigenvalue weighted by Crippen LogP contribution is -2.59. The number of nitrogens with one attached hydrogen (secondary N) is 1. The van der Waals surface area contributed by atoms with E-state index in [9.17, 15) is 4.79 Å². The first kappa shape index (κ1) is 19.8. The molecule has 1 heterocycles. The molecule has 0 bridgehead atoms. The number of piperidine rings is 1. The van der Waals surface area contributed by atoms with E-state index in [2.05, 4.69) is 39.9 Å². The SMILES string of the molecule is CCCCC[C@H]1CC[C@H](C(=O)OC2CC(C)(C)NC(C)(C)C2)CC1. The Hall–Kier alpha value is -0.570. The molecule has 0 unspecified atom stereocenters. The average Bonchev–Trinajstić information content (AvgIpc) is 2.44. The summed E-state index contributed by atoms with van der Waals surface area (Å²) in [6, 6.07) is 0. The standard InChI is InChI=1S/C21H39NO2/c1-6-7-8-9-16-10-12-17(13-11-16)19(23)24-18-14-20(2,3)22-21(4,5)15-18/h16-18,22H,6-15H2,1-5H3/t16-,17-. The molecule has 1 aliphatic heterocycles. The maximum absolute atomic E-state index is 12.6. The molecule has 0 amide bonds. The second-order valence-electron chi connectivity index (χ2n) is 9.57. The van der Waals surface area contributed by atoms with Crippen LogP contribution < -0.4 is 5.32 Å². The van der Waals surface area contributed by atoms with Crippen molar-refractivity contribution >= 4 is 5.97 Å². The topological polar surface area (TPSA) is 38.3 Å². The van der Waals surface area contributed by atoms with Crippen LogP contribution in [0.5, 0.6) is 0 Å². The van der Waals surface area contributed by atoms with E-state index in [4.69, 9.17) is 4.74 Å². The van der Waals surface area contributed by atoms with Gasteiger partial charge in [0.2, 0.25) is 0 Å². The summed E-state index contributed by atoms with van der Waals surface area (Å²) < 4.78 is 5.96. The molecule has 2 fully saturated rings. The van der Waals surface area contributed by atoms with Gasteiger partial charge in [-0.3, -0.25) is 4.79 Å². The highest BCUT2D eigenvalue weighted by Crippen LogP contribution is 2.35. The minimum Gasteiger partial charge on any atom is -0.462 e. The van der Waals surface area contributed by atoms with Crippen molar-refractivity contribution in [3.05, 3.63) is 0 Å². The molecule has 3 heteroatoms. The fraction of sp³-hybridized carbons (Fsp3) is 0.952. The summed E-state index contributed by atoms with van der Waals surface area (Å²) in [5, 5.41) is 3.65. The molecule has 1 saturated carbocycles. The third-order valence-electron chi connectivity index (χ3n) is 5.83. The lowest BCUT2D eigenvalue weighted by Gasteiger charge is -2.46. The number of rotatable bonds is 6. The maximum atomic E-state index is 12.6. The molecule has 1 aliphatic carbocycles. The lowest BCUT2D eigenvalue weighted by atomic mass is 9.79. The highest BCUT2D eigenvalue weighted by molar-refractivity contribution is 5.72. The van der Waals surface area contributed by atoms with Gasteiger partial charge in [-0.25, -0.2) is 0 Å². The van der Waals surface area contributed by atoms with E-state index in [1.54, 1.807) is 0 Å². The Morgan fingerprint density at radius 2 is 1.58 bits per heavy atom. The normalized spacial score (nSPS) is 30.0. The van der Waals surface area contributed by atoms with Crippen LogP contribution in [0.2, 0.25) is 0 Å². The van der Waals surface area contributed by atoms with Crippen LogP contribution in [0.15, 0.2) is 0 Å². The van der Waals surface area contributed by atoms with E-state index in [0.717, 1.165) is 31.6 Å². The Labute approximate surface area is 149 Å². The smallest absolute Gasteiger partial charge is 0.309 e. The predicted octanol–water partition coefficient (Wildman–Crippen LogP) is 5.23. The summed E-state index contributed by atoms with van der Waals surface area (Å²) in [5.74, 6) is 1.06. The van der Waals surface area contributed by atoms with Gasteiger partial charge in [-0.15, -0.1) is 0 Å². The van der Waals surface area contributed by atoms with Gasteiger partial charge < -0.3 is 10.1 Å². The number of hydrogen-bond donors (Lipinski definition) is 1. The molecule has 0 radical (unpaired) electrons. The molecule has 0 aromatic carbocycles. The summed E-state index contributed by atoms with van der Waals surface area (Å²) in [4.78, 5) is 12.6. The monoisotopic (exact) mass is 337 g/mol. The number of carbonyl (C=O) groups is 1. The van der Waals surface area contributed by atoms with Gasteiger partial charge in [-0.1, -0.05) is 32.6 Å². The molecular weight excluding hydrogens is 298 g/mol. The van der Waals surface area contributed by atoms with E-state index in [1.807, 2.05) is 0 Å². The molecule has 140 valence electrons. The first-order valence-corrected chi connectivity index (χ1v) is 10.2. The first-order chi connectivity index (χ1) is 11.2. The molecule has 2 rings (SSSR count). The van der Waals surface area contributed by atoms with Crippen molar-refractivity contribution < 1.29 is 9.53 Å². The van der Waals surface area contributed by atoms with Crippen LogP contribution in [0.4, 0.5) is 0 Å². The molecule has 1 N–H and O–H groups in total. The van der Waals surface area contributed by atoms with E-state index in [-0.39, 0.29) is 29.1 Å². The largest absolute Gasteiger partial charge is 0.462 e. The minimum absolute atomic E-state index is 0.0314. The first-order valence-electron chi connectivity index (χ1n) is 10.2. The second kappa shape index (κ2) is 8.21. The van der Waals surface area contributed by atoms with Crippen molar-refractivity contribution in [2.75, 3.05) is 0 Å². The zero-order valence-corrected chi connectivity index (χ0v) is 16.6. The van der Waals surface area contributed by atoms with E-state index >= 15 is 0 Å². The van der Waals surface area contributed by atoms with Crippen LogP contribution in [0.1, 0.15) is 98.8 Å². The number of esters is 1. The molecule has 24 heavy (non-hydrogen) atoms. The molecule has 3 nitrogen and oxygen atoms in total. The second-order valence-corrected chi connectivity index (χ2v) is 9.57. The van der Waals surface area contributed by atoms with E-state index < -0.39 is 0 Å². The predicted molar refractivity (Wildman–Crippen MR) is 100.0 cm³/mol. The van der Waals surface area contributed by atoms with Gasteiger partial charge in [-0.2, -0.15) is 0 Å². The Bertz CT molecular complexity index is 392. The fourth-order valence-corrected chi connectivity index (χ4v) is 4.94. The van der Waals surface area contributed by atoms with Crippen LogP contribution in [0.25, 0.3) is 0 Å². The van der Waals surface area contributed by atoms with Gasteiger partial charge >= 0.3 is 5.97 Å². The Morgan fingerprint density at radius 1 is 1.00 bits per heavy atom. The van der Waals surface area contributed by atoms with Crippen LogP contribution in [-0.4, -0.2) is 23.2 Å². The minimum atomic E-state index is 0.0314. The summed E-state index contributed by atoms with van der Waals surface area (Å²) in [7, 11) is 0. The fourth-order valence-electron chi connectivity index (χ4n) is 4.94. The maximum Gasteiger partial charge on any atom is 0.309 e. The molecule has 0 atom stereocenters. The van der Waals surface area contributed by atoms with Gasteiger partial charge in [0.05, 0.1) is 5.92 Å². The van der Waals surface area contributed by atoms with Crippen LogP contribution >= 0.6 is 0 Å². The average molecular weight is 338 g/mol. The van der Waals surface area contributed by atoms with Crippen molar-refractivity contribution in [3.63, 3.8) is 0 Å². The lowest BCUT2D eigenvalue weighted by molar-refractivity contribution is -0.159. The Morgan fingerprint density at radius 3 is 2.12 bits per heavy atom. The Balaban J connectivity index is 1.77. The molecule has 0 aromatic heterocycles. The van der Waals surface area contributed by atoms with E-state index in [0.29, 0.717) is 0 Å². The Kier molecular flexibility index (Phi) is 6.75. The number of carbonyl (C=O) groups excluding carboxylic acids is 1. The molecule has 2 aliphatic rings. The van der Waals surface area contributed by atoms with Crippen LogP contribution in [0, 0.1) is 11.8 Å². The van der Waals surface area contributed by atoms with Gasteiger partial charge in [0.25, 0.3) is 0 Å². The highest BCUT2D eigenvalue weighted by Gasteiger charge is 2.40. The highest BCUT2D eigenvalue weighted by atomic mass is 16.5. The molecular formula is C21H39NO2. The molecule has 1 saturated heterocycles. The van der Waals surface area contributed by atoms with Gasteiger partial charge in [-0.05, 0) is 59.3 Å². The van der Waals surface area contributed by atoms with Gasteiger partial charge in [0, 0.05) is 23.9 Å². The third kappa shape index (κ3) is 6.06. The molecule has 0 spiro atoms. The zero-order valence-electron chi connectivity index (χ0n) is 16.6. The van der Waals surface area contributed by atoms with Crippen molar-refractivity contribution in [1.29, 1.82) is 0 Å². The summed E-state index contributed by atoms with van der Waals surface area (Å²) in [6.07, 6.45) is 11.7. The summed E-state index contributed by atoms with van der Waals surface area (Å²) in [6.45, 7) is 11.1. The van der Waals surface area contributed by atoms with Crippen LogP contribution in [0.3, 0.4) is 0 Å². The van der Waals surface area contributed by atoms with Gasteiger partial charge in [0.1, 0.15) is 6.10 Å². The number of unbranched alkanes of at least 4 members (excludes halogenated alkanes) is 2.